The van der Waals surface area contributed by atoms with Gasteiger partial charge in [0.15, 0.2) is 17.5 Å². The Hall–Kier alpha value is -3.56. The molecule has 7 nitrogen and oxygen atoms in total. The van der Waals surface area contributed by atoms with Crippen LogP contribution in [0.3, 0.4) is 0 Å². The summed E-state index contributed by atoms with van der Waals surface area (Å²) >= 11 is 0. The lowest BCUT2D eigenvalue weighted by Gasteiger charge is -2.36. The summed E-state index contributed by atoms with van der Waals surface area (Å²) in [7, 11) is 3.08. The number of urea groups is 1. The minimum Gasteiger partial charge on any atom is -0.497 e. The van der Waals surface area contributed by atoms with Gasteiger partial charge >= 0.3 is 6.03 Å². The third kappa shape index (κ3) is 3.69. The van der Waals surface area contributed by atoms with E-state index < -0.39 is 29.5 Å². The number of halogens is 3. The molecular weight excluding hydrogens is 411 g/mol. The Bertz CT molecular complexity index is 1060. The monoisotopic (exact) mass is 431 g/mol. The summed E-state index contributed by atoms with van der Waals surface area (Å²) in [6.07, 6.45) is 0. The molecule has 10 heteroatoms. The molecule has 0 radical (unpaired) electrons. The van der Waals surface area contributed by atoms with Crippen molar-refractivity contribution in [3.63, 3.8) is 0 Å². The van der Waals surface area contributed by atoms with E-state index in [1.807, 2.05) is 31.2 Å². The highest BCUT2D eigenvalue weighted by molar-refractivity contribution is 6.13. The van der Waals surface area contributed by atoms with Gasteiger partial charge in [-0.15, -0.1) is 0 Å². The number of benzene rings is 2. The molecule has 0 saturated carbocycles. The Morgan fingerprint density at radius 1 is 1.16 bits per heavy atom. The second kappa shape index (κ2) is 7.93. The van der Waals surface area contributed by atoms with Crippen LogP contribution in [-0.4, -0.2) is 48.5 Å². The molecule has 2 aromatic carbocycles. The molecular formula is C21H20F3N5O2. The SMILES string of the molecule is COc1ccc([C@@H](C)NC2=NC(=O)N(C)C3=NCC(c4cc(F)c(F)c(F)c4)N23)cc1. The van der Waals surface area contributed by atoms with Crippen LogP contribution in [0, 0.1) is 17.5 Å². The van der Waals surface area contributed by atoms with E-state index in [1.165, 1.54) is 11.9 Å². The maximum absolute atomic E-state index is 13.9. The van der Waals surface area contributed by atoms with E-state index in [9.17, 15) is 18.0 Å². The number of carbonyl (C=O) groups is 1. The molecule has 0 bridgehead atoms. The van der Waals surface area contributed by atoms with E-state index in [0.717, 1.165) is 17.7 Å². The van der Waals surface area contributed by atoms with Gasteiger partial charge in [-0.2, -0.15) is 4.99 Å². The van der Waals surface area contributed by atoms with Gasteiger partial charge in [0.1, 0.15) is 5.75 Å². The third-order valence-electron chi connectivity index (χ3n) is 5.30. The molecule has 0 fully saturated rings. The van der Waals surface area contributed by atoms with Crippen LogP contribution in [0.4, 0.5) is 18.0 Å². The number of carbonyl (C=O) groups excluding carboxylic acids is 1. The van der Waals surface area contributed by atoms with Crippen molar-refractivity contribution in [2.45, 2.75) is 19.0 Å². The predicted octanol–water partition coefficient (Wildman–Crippen LogP) is 3.60. The number of hydrogen-bond acceptors (Lipinski definition) is 5. The molecule has 2 aliphatic rings. The van der Waals surface area contributed by atoms with Gasteiger partial charge < -0.3 is 10.1 Å². The van der Waals surface area contributed by atoms with Crippen LogP contribution in [0.25, 0.3) is 0 Å². The first-order valence-electron chi connectivity index (χ1n) is 9.55. The van der Waals surface area contributed by atoms with Gasteiger partial charge in [-0.3, -0.25) is 9.80 Å². The number of fused-ring (bicyclic) bond motifs is 1. The van der Waals surface area contributed by atoms with Crippen LogP contribution in [-0.2, 0) is 0 Å². The minimum atomic E-state index is -1.53. The molecule has 0 spiro atoms. The molecule has 2 heterocycles. The lowest BCUT2D eigenvalue weighted by molar-refractivity contribution is 0.229. The topological polar surface area (TPSA) is 69.5 Å². The van der Waals surface area contributed by atoms with Crippen molar-refractivity contribution >= 4 is 18.0 Å². The van der Waals surface area contributed by atoms with Crippen molar-refractivity contribution in [1.82, 2.24) is 15.1 Å². The van der Waals surface area contributed by atoms with Crippen LogP contribution < -0.4 is 10.1 Å². The van der Waals surface area contributed by atoms with Crippen LogP contribution in [0.1, 0.15) is 30.1 Å². The molecule has 2 aliphatic heterocycles. The Morgan fingerprint density at radius 2 is 1.81 bits per heavy atom. The molecule has 1 unspecified atom stereocenters. The summed E-state index contributed by atoms with van der Waals surface area (Å²) in [5.41, 5.74) is 1.09. The Balaban J connectivity index is 1.66. The lowest BCUT2D eigenvalue weighted by atomic mass is 10.1. The Labute approximate surface area is 176 Å². The lowest BCUT2D eigenvalue weighted by Crippen LogP contribution is -2.55. The van der Waals surface area contributed by atoms with Crippen molar-refractivity contribution in [3.8, 4) is 5.75 Å². The van der Waals surface area contributed by atoms with E-state index in [2.05, 4.69) is 15.3 Å². The number of nitrogens with zero attached hydrogens (tertiary/aromatic N) is 4. The zero-order valence-electron chi connectivity index (χ0n) is 17.1. The van der Waals surface area contributed by atoms with Crippen LogP contribution in [0.2, 0.25) is 0 Å². The number of rotatable bonds is 4. The summed E-state index contributed by atoms with van der Waals surface area (Å²) in [5.74, 6) is -2.92. The Morgan fingerprint density at radius 3 is 2.42 bits per heavy atom. The van der Waals surface area contributed by atoms with Gasteiger partial charge in [0, 0.05) is 7.05 Å². The normalized spacial score (nSPS) is 19.0. The van der Waals surface area contributed by atoms with Crippen molar-refractivity contribution in [2.24, 2.45) is 9.98 Å². The van der Waals surface area contributed by atoms with Gasteiger partial charge in [0.2, 0.25) is 11.9 Å². The van der Waals surface area contributed by atoms with Crippen molar-refractivity contribution in [3.05, 3.63) is 65.0 Å². The third-order valence-corrected chi connectivity index (χ3v) is 5.30. The fourth-order valence-electron chi connectivity index (χ4n) is 3.57. The smallest absolute Gasteiger partial charge is 0.353 e. The quantitative estimate of drug-likeness (QED) is 0.752. The molecule has 2 aromatic rings. The highest BCUT2D eigenvalue weighted by atomic mass is 19.2. The van der Waals surface area contributed by atoms with Crippen molar-refractivity contribution < 1.29 is 22.7 Å². The highest BCUT2D eigenvalue weighted by Crippen LogP contribution is 2.32. The van der Waals surface area contributed by atoms with Gasteiger partial charge in [0.05, 0.1) is 25.7 Å². The fourth-order valence-corrected chi connectivity index (χ4v) is 3.57. The molecule has 162 valence electrons. The predicted molar refractivity (Wildman–Crippen MR) is 108 cm³/mol. The summed E-state index contributed by atoms with van der Waals surface area (Å²) in [5, 5.41) is 3.18. The first-order valence-corrected chi connectivity index (χ1v) is 9.55. The second-order valence-corrected chi connectivity index (χ2v) is 7.24. The van der Waals surface area contributed by atoms with Crippen LogP contribution in [0.5, 0.6) is 5.75 Å². The first-order chi connectivity index (χ1) is 14.8. The number of guanidine groups is 2. The van der Waals surface area contributed by atoms with Crippen molar-refractivity contribution in [2.75, 3.05) is 20.7 Å². The summed E-state index contributed by atoms with van der Waals surface area (Å²) in [4.78, 5) is 23.6. The average molecular weight is 431 g/mol. The number of methoxy groups -OCH3 is 1. The molecule has 0 saturated heterocycles. The van der Waals surface area contributed by atoms with E-state index in [-0.39, 0.29) is 24.1 Å². The molecule has 31 heavy (non-hydrogen) atoms. The van der Waals surface area contributed by atoms with E-state index in [4.69, 9.17) is 4.74 Å². The van der Waals surface area contributed by atoms with E-state index in [0.29, 0.717) is 11.7 Å². The Kier molecular flexibility index (Phi) is 5.30. The molecule has 4 rings (SSSR count). The van der Waals surface area contributed by atoms with Crippen LogP contribution >= 0.6 is 0 Å². The molecule has 0 aromatic heterocycles. The maximum Gasteiger partial charge on any atom is 0.353 e. The number of ether oxygens (including phenoxy) is 1. The number of aliphatic imine (C=N–C) groups is 2. The van der Waals surface area contributed by atoms with Crippen molar-refractivity contribution in [1.29, 1.82) is 0 Å². The average Bonchev–Trinajstić information content (AvgIpc) is 3.21. The number of nitrogens with one attached hydrogen (secondary N) is 1. The van der Waals surface area contributed by atoms with Gasteiger partial charge in [0.25, 0.3) is 0 Å². The summed E-state index contributed by atoms with van der Waals surface area (Å²) in [6, 6.07) is 7.77. The number of amides is 2. The second-order valence-electron chi connectivity index (χ2n) is 7.24. The minimum absolute atomic E-state index is 0.120. The molecule has 2 atom stereocenters. The van der Waals surface area contributed by atoms with Gasteiger partial charge in [-0.05, 0) is 42.3 Å². The zero-order valence-corrected chi connectivity index (χ0v) is 17.1. The molecule has 0 aliphatic carbocycles. The first kappa shape index (κ1) is 20.7. The maximum atomic E-state index is 13.9. The molecule has 1 N–H and O–H groups in total. The standard InChI is InChI=1S/C21H20F3N5O2/c1-11(12-4-6-14(31-3)7-5-12)26-19-27-21(30)28(2)20-25-10-17(29(19)20)13-8-15(22)18(24)16(23)9-13/h4-9,11,17H,10H2,1-3H3,(H,26,27,30)/t11-,17?/m1/s1. The van der Waals surface area contributed by atoms with Crippen LogP contribution in [0.15, 0.2) is 46.4 Å². The number of hydrogen-bond donors (Lipinski definition) is 1. The van der Waals surface area contributed by atoms with Gasteiger partial charge in [-0.1, -0.05) is 12.1 Å². The van der Waals surface area contributed by atoms with E-state index >= 15 is 0 Å². The summed E-state index contributed by atoms with van der Waals surface area (Å²) < 4.78 is 46.3. The highest BCUT2D eigenvalue weighted by Gasteiger charge is 2.41. The summed E-state index contributed by atoms with van der Waals surface area (Å²) in [6.45, 7) is 2.00. The largest absolute Gasteiger partial charge is 0.497 e. The fraction of sp³-hybridized carbons (Fsp3) is 0.286. The van der Waals surface area contributed by atoms with Gasteiger partial charge in [-0.25, -0.2) is 23.0 Å². The zero-order chi connectivity index (χ0) is 22.3. The van der Waals surface area contributed by atoms with E-state index in [1.54, 1.807) is 12.0 Å². The molecule has 2 amide bonds.